The van der Waals surface area contributed by atoms with Crippen LogP contribution in [-0.4, -0.2) is 18.9 Å². The maximum absolute atomic E-state index is 12.0. The topological polar surface area (TPSA) is 29.1 Å². The predicted molar refractivity (Wildman–Crippen MR) is 70.1 cm³/mol. The second-order valence-corrected chi connectivity index (χ2v) is 4.94. The summed E-state index contributed by atoms with van der Waals surface area (Å²) in [4.78, 5) is 12.0. The van der Waals surface area contributed by atoms with Crippen molar-refractivity contribution in [2.24, 2.45) is 5.92 Å². The Morgan fingerprint density at radius 2 is 2.24 bits per heavy atom. The fourth-order valence-corrected chi connectivity index (χ4v) is 2.48. The van der Waals surface area contributed by atoms with Gasteiger partial charge in [-0.2, -0.15) is 0 Å². The summed E-state index contributed by atoms with van der Waals surface area (Å²) < 4.78 is 0. The lowest BCUT2D eigenvalue weighted by atomic mass is 9.91. The summed E-state index contributed by atoms with van der Waals surface area (Å²) in [5.74, 6) is 0.688. The maximum atomic E-state index is 12.0. The summed E-state index contributed by atoms with van der Waals surface area (Å²) in [7, 11) is 0. The molecule has 1 atom stereocenters. The minimum Gasteiger partial charge on any atom is -0.316 e. The minimum absolute atomic E-state index is 0.257. The number of Topliss-reactive ketones (excluding diaryl/α,β-unsaturated/α-hetero) is 1. The van der Waals surface area contributed by atoms with Crippen molar-refractivity contribution in [3.63, 3.8) is 0 Å². The molecular weight excluding hydrogens is 210 g/mol. The molecule has 0 amide bonds. The van der Waals surface area contributed by atoms with E-state index in [2.05, 4.69) is 30.4 Å². The molecule has 1 N–H and O–H groups in total. The average Bonchev–Trinajstić information content (AvgIpc) is 2.38. The Labute approximate surface area is 103 Å². The molecule has 0 aromatic heterocycles. The molecule has 0 radical (unpaired) electrons. The molecule has 1 aliphatic rings. The van der Waals surface area contributed by atoms with Gasteiger partial charge < -0.3 is 5.32 Å². The van der Waals surface area contributed by atoms with E-state index in [1.807, 2.05) is 6.07 Å². The molecule has 2 nitrogen and oxygen atoms in total. The molecule has 92 valence electrons. The van der Waals surface area contributed by atoms with Crippen LogP contribution in [0.25, 0.3) is 0 Å². The zero-order valence-electron chi connectivity index (χ0n) is 10.5. The summed E-state index contributed by atoms with van der Waals surface area (Å²) in [6.07, 6.45) is 3.79. The van der Waals surface area contributed by atoms with Gasteiger partial charge in [-0.05, 0) is 43.9 Å². The summed E-state index contributed by atoms with van der Waals surface area (Å²) in [6, 6.07) is 8.34. The molecule has 0 spiro atoms. The van der Waals surface area contributed by atoms with E-state index in [1.165, 1.54) is 11.1 Å². The number of hydrogen-bond acceptors (Lipinski definition) is 2. The highest BCUT2D eigenvalue weighted by Crippen LogP contribution is 2.16. The van der Waals surface area contributed by atoms with Crippen LogP contribution in [-0.2, 0) is 11.2 Å². The van der Waals surface area contributed by atoms with E-state index in [0.717, 1.165) is 32.4 Å². The highest BCUT2D eigenvalue weighted by Gasteiger charge is 2.20. The molecule has 0 saturated carbocycles. The third kappa shape index (κ3) is 3.40. The van der Waals surface area contributed by atoms with Crippen molar-refractivity contribution in [3.05, 3.63) is 35.4 Å². The van der Waals surface area contributed by atoms with E-state index < -0.39 is 0 Å². The quantitative estimate of drug-likeness (QED) is 0.862. The largest absolute Gasteiger partial charge is 0.316 e. The Morgan fingerprint density at radius 3 is 2.94 bits per heavy atom. The number of benzene rings is 1. The number of aryl methyl sites for hydroxylation is 2. The van der Waals surface area contributed by atoms with Gasteiger partial charge in [0.15, 0.2) is 0 Å². The van der Waals surface area contributed by atoms with Crippen molar-refractivity contribution >= 4 is 5.78 Å². The van der Waals surface area contributed by atoms with Gasteiger partial charge in [-0.3, -0.25) is 4.79 Å². The van der Waals surface area contributed by atoms with Crippen molar-refractivity contribution in [1.82, 2.24) is 5.32 Å². The Hall–Kier alpha value is -1.15. The van der Waals surface area contributed by atoms with Crippen LogP contribution in [0.5, 0.6) is 0 Å². The number of carbonyl (C=O) groups is 1. The predicted octanol–water partition coefficient (Wildman–Crippen LogP) is 2.50. The van der Waals surface area contributed by atoms with Crippen molar-refractivity contribution in [2.75, 3.05) is 13.1 Å². The number of nitrogens with one attached hydrogen (secondary N) is 1. The molecule has 17 heavy (non-hydrogen) atoms. The number of piperidine rings is 1. The van der Waals surface area contributed by atoms with Crippen LogP contribution in [0.4, 0.5) is 0 Å². The fourth-order valence-electron chi connectivity index (χ4n) is 2.48. The molecule has 2 heteroatoms. The average molecular weight is 231 g/mol. The van der Waals surface area contributed by atoms with Crippen molar-refractivity contribution in [2.45, 2.75) is 32.6 Å². The lowest BCUT2D eigenvalue weighted by Gasteiger charge is -2.21. The Kier molecular flexibility index (Phi) is 4.32. The molecule has 1 aromatic rings. The SMILES string of the molecule is Cc1ccccc1CCC(=O)C1CCCNC1. The number of carbonyl (C=O) groups excluding carboxylic acids is 1. The molecule has 1 aliphatic heterocycles. The van der Waals surface area contributed by atoms with Crippen LogP contribution in [0.3, 0.4) is 0 Å². The molecular formula is C15H21NO. The number of rotatable bonds is 4. The maximum Gasteiger partial charge on any atom is 0.137 e. The van der Waals surface area contributed by atoms with Crippen molar-refractivity contribution in [1.29, 1.82) is 0 Å². The second-order valence-electron chi connectivity index (χ2n) is 4.94. The summed E-state index contributed by atoms with van der Waals surface area (Å²) in [6.45, 7) is 4.07. The fraction of sp³-hybridized carbons (Fsp3) is 0.533. The lowest BCUT2D eigenvalue weighted by Crippen LogP contribution is -2.34. The van der Waals surface area contributed by atoms with Gasteiger partial charge in [0.2, 0.25) is 0 Å². The van der Waals surface area contributed by atoms with E-state index in [9.17, 15) is 4.79 Å². The normalized spacial score (nSPS) is 20.2. The summed E-state index contributed by atoms with van der Waals surface area (Å²) in [5, 5.41) is 3.30. The van der Waals surface area contributed by atoms with Crippen LogP contribution in [0.1, 0.15) is 30.4 Å². The Bertz CT molecular complexity index is 380. The van der Waals surface area contributed by atoms with Crippen LogP contribution in [0.2, 0.25) is 0 Å². The molecule has 2 rings (SSSR count). The van der Waals surface area contributed by atoms with Gasteiger partial charge >= 0.3 is 0 Å². The first kappa shape index (κ1) is 12.3. The number of ketones is 1. The molecule has 1 saturated heterocycles. The standard InChI is InChI=1S/C15H21NO/c1-12-5-2-3-6-13(12)8-9-15(17)14-7-4-10-16-11-14/h2-3,5-6,14,16H,4,7-11H2,1H3. The van der Waals surface area contributed by atoms with Gasteiger partial charge in [0.1, 0.15) is 5.78 Å². The Balaban J connectivity index is 1.85. The van der Waals surface area contributed by atoms with Gasteiger partial charge in [-0.25, -0.2) is 0 Å². The molecule has 1 fully saturated rings. The van der Waals surface area contributed by atoms with Crippen LogP contribution in [0.15, 0.2) is 24.3 Å². The summed E-state index contributed by atoms with van der Waals surface area (Å²) >= 11 is 0. The van der Waals surface area contributed by atoms with E-state index in [0.29, 0.717) is 12.2 Å². The molecule has 1 aromatic carbocycles. The van der Waals surface area contributed by atoms with Crippen molar-refractivity contribution < 1.29 is 4.79 Å². The van der Waals surface area contributed by atoms with Crippen LogP contribution in [0, 0.1) is 12.8 Å². The summed E-state index contributed by atoms with van der Waals surface area (Å²) in [5.41, 5.74) is 2.60. The molecule has 1 unspecified atom stereocenters. The first-order valence-corrected chi connectivity index (χ1v) is 6.55. The smallest absolute Gasteiger partial charge is 0.137 e. The third-order valence-electron chi connectivity index (χ3n) is 3.65. The second kappa shape index (κ2) is 5.97. The van der Waals surface area contributed by atoms with E-state index in [4.69, 9.17) is 0 Å². The van der Waals surface area contributed by atoms with Gasteiger partial charge in [-0.1, -0.05) is 24.3 Å². The van der Waals surface area contributed by atoms with Crippen molar-refractivity contribution in [3.8, 4) is 0 Å². The lowest BCUT2D eigenvalue weighted by molar-refractivity contribution is -0.123. The van der Waals surface area contributed by atoms with E-state index in [1.54, 1.807) is 0 Å². The van der Waals surface area contributed by atoms with Crippen LogP contribution < -0.4 is 5.32 Å². The van der Waals surface area contributed by atoms with Gasteiger partial charge in [0, 0.05) is 18.9 Å². The third-order valence-corrected chi connectivity index (χ3v) is 3.65. The monoisotopic (exact) mass is 231 g/mol. The molecule has 1 heterocycles. The van der Waals surface area contributed by atoms with Gasteiger partial charge in [0.05, 0.1) is 0 Å². The first-order valence-electron chi connectivity index (χ1n) is 6.55. The minimum atomic E-state index is 0.257. The zero-order chi connectivity index (χ0) is 12.1. The Morgan fingerprint density at radius 1 is 1.41 bits per heavy atom. The zero-order valence-corrected chi connectivity index (χ0v) is 10.5. The highest BCUT2D eigenvalue weighted by molar-refractivity contribution is 5.81. The van der Waals surface area contributed by atoms with Gasteiger partial charge in [0.25, 0.3) is 0 Å². The van der Waals surface area contributed by atoms with Crippen LogP contribution >= 0.6 is 0 Å². The van der Waals surface area contributed by atoms with E-state index in [-0.39, 0.29) is 5.92 Å². The first-order chi connectivity index (χ1) is 8.27. The van der Waals surface area contributed by atoms with E-state index >= 15 is 0 Å². The number of hydrogen-bond donors (Lipinski definition) is 1. The van der Waals surface area contributed by atoms with Gasteiger partial charge in [-0.15, -0.1) is 0 Å². The molecule has 0 aliphatic carbocycles. The highest BCUT2D eigenvalue weighted by atomic mass is 16.1. The molecule has 0 bridgehead atoms.